The first-order valence-corrected chi connectivity index (χ1v) is 37.2. The molecule has 3 aliphatic heterocycles. The number of nitrogens with one attached hydrogen (secondary N) is 3. The second-order valence-electron chi connectivity index (χ2n) is 21.3. The zero-order chi connectivity index (χ0) is 70.2. The first kappa shape index (κ1) is 88.1. The van der Waals surface area contributed by atoms with Gasteiger partial charge in [0.15, 0.2) is 18.9 Å². The Bertz CT molecular complexity index is 2060. The molecule has 95 heavy (non-hydrogen) atoms. The number of hydrogen-bond acceptors (Lipinski definition) is 35. The zero-order valence-corrected chi connectivity index (χ0v) is 57.2. The van der Waals surface area contributed by atoms with Crippen LogP contribution in [0.25, 0.3) is 0 Å². The van der Waals surface area contributed by atoms with E-state index in [0.29, 0.717) is 0 Å². The van der Waals surface area contributed by atoms with Crippen LogP contribution in [0, 0.1) is 5.41 Å². The Balaban J connectivity index is 1.30. The lowest BCUT2D eigenvalue weighted by atomic mass is 9.94. The number of carbonyl (C=O) groups is 3. The van der Waals surface area contributed by atoms with Crippen LogP contribution in [0.5, 0.6) is 0 Å². The summed E-state index contributed by atoms with van der Waals surface area (Å²) < 4.78 is 118. The second kappa shape index (κ2) is 49.5. The quantitative estimate of drug-likeness (QED) is 0.0116. The molecule has 3 saturated heterocycles. The van der Waals surface area contributed by atoms with E-state index in [-0.39, 0.29) is 202 Å². The average Bonchev–Trinajstić information content (AvgIpc) is 0.862. The summed E-state index contributed by atoms with van der Waals surface area (Å²) in [6.45, 7) is 1.64. The number of rotatable bonds is 55. The smallest absolute Gasteiger partial charge is 0.265 e. The van der Waals surface area contributed by atoms with E-state index in [1.165, 1.54) is 0 Å². The van der Waals surface area contributed by atoms with Crippen LogP contribution in [0.4, 0.5) is 0 Å². The third-order valence-electron chi connectivity index (χ3n) is 13.3. The summed E-state index contributed by atoms with van der Waals surface area (Å²) in [7, 11) is -5.89. The highest BCUT2D eigenvalue weighted by atomic mass is 32.4. The largest absolute Gasteiger partial charge is 0.756 e. The number of carbonyl (C=O) groups excluding carboxylic acids is 3. The normalized spacial score (nSPS) is 28.7. The number of amides is 3. The van der Waals surface area contributed by atoms with E-state index in [0.717, 1.165) is 0 Å². The fraction of sp³-hybridized carbons (Fsp3) is 0.940. The molecule has 560 valence electrons. The van der Waals surface area contributed by atoms with Gasteiger partial charge in [-0.15, -0.1) is 8.93 Å². The molecule has 3 amide bonds. The van der Waals surface area contributed by atoms with E-state index in [4.69, 9.17) is 90.4 Å². The summed E-state index contributed by atoms with van der Waals surface area (Å²) in [5.41, 5.74) is -0.806. The van der Waals surface area contributed by atoms with Gasteiger partial charge >= 0.3 is 0 Å². The van der Waals surface area contributed by atoms with E-state index in [9.17, 15) is 79.3 Å². The maximum Gasteiger partial charge on any atom is 0.265 e. The van der Waals surface area contributed by atoms with Crippen molar-refractivity contribution in [3.05, 3.63) is 0 Å². The van der Waals surface area contributed by atoms with Crippen LogP contribution in [0.15, 0.2) is 0 Å². The summed E-state index contributed by atoms with van der Waals surface area (Å²) in [5.74, 6) is -0.971. The van der Waals surface area contributed by atoms with Gasteiger partial charge in [-0.05, 0) is 0 Å². The minimum Gasteiger partial charge on any atom is -0.756 e. The molecular formula is C50H95N3O37P5-3. The fourth-order valence-electron chi connectivity index (χ4n) is 8.33. The summed E-state index contributed by atoms with van der Waals surface area (Å²) in [6, 6.07) is 0. The van der Waals surface area contributed by atoms with Crippen molar-refractivity contribution in [2.75, 3.05) is 178 Å². The molecular weight excluding hydrogens is 1390 g/mol. The van der Waals surface area contributed by atoms with Crippen molar-refractivity contribution in [1.82, 2.24) is 16.0 Å². The molecule has 45 heteroatoms. The number of phosphoric ester groups is 2. The number of aliphatic hydroxyl groups is 9. The Hall–Kier alpha value is -1.12. The van der Waals surface area contributed by atoms with Crippen LogP contribution in [-0.2, 0) is 113 Å². The predicted molar refractivity (Wildman–Crippen MR) is 320 cm³/mol. The van der Waals surface area contributed by atoms with Crippen LogP contribution in [0.2, 0.25) is 0 Å². The average molecular weight is 1490 g/mol. The molecule has 0 aromatic carbocycles. The maximum atomic E-state index is 12.6. The molecule has 3 heterocycles. The van der Waals surface area contributed by atoms with Gasteiger partial charge in [0.1, 0.15) is 79.9 Å². The molecule has 0 spiro atoms. The number of hydrogen-bond donors (Lipinski definition) is 14. The highest BCUT2D eigenvalue weighted by molar-refractivity contribution is 8.41. The SMILES string of the molecule is CC(COCCC(=O)NCCOCCOCCOC1OC(COOP([PH-])P)C(O)C(O)C1O)(COCCC(=O)NCCOCCOCCOC1OC(COP(=O)([O-])O)C(O)C(O)C1O)COCCC(=O)NCCOCCOCCOC1OC(COP(=O)([O-])O)C(O)C(O)C1O. The molecule has 19 atom stereocenters. The number of aliphatic hydroxyl groups excluding tert-OH is 9. The van der Waals surface area contributed by atoms with E-state index in [1.807, 2.05) is 0 Å². The van der Waals surface area contributed by atoms with E-state index >= 15 is 0 Å². The van der Waals surface area contributed by atoms with Gasteiger partial charge in [-0.1, -0.05) is 14.4 Å². The highest BCUT2D eigenvalue weighted by Gasteiger charge is 2.47. The monoisotopic (exact) mass is 1480 g/mol. The molecule has 3 fully saturated rings. The van der Waals surface area contributed by atoms with Gasteiger partial charge in [0.25, 0.3) is 15.6 Å². The number of phosphoric acid groups is 2. The van der Waals surface area contributed by atoms with Crippen LogP contribution in [-0.4, -0.2) is 344 Å². The Kier molecular flexibility index (Phi) is 45.9. The second-order valence-corrected chi connectivity index (χ2v) is 28.8. The summed E-state index contributed by atoms with van der Waals surface area (Å²) in [5, 5.41) is 99.3. The molecule has 0 aliphatic carbocycles. The van der Waals surface area contributed by atoms with Crippen molar-refractivity contribution in [3.63, 3.8) is 0 Å². The van der Waals surface area contributed by atoms with E-state index in [1.54, 1.807) is 6.92 Å². The Morgan fingerprint density at radius 1 is 0.442 bits per heavy atom. The molecule has 0 aromatic heterocycles. The van der Waals surface area contributed by atoms with Gasteiger partial charge in [0.2, 0.25) is 17.7 Å². The third-order valence-corrected chi connectivity index (χ3v) is 15.0. The summed E-state index contributed by atoms with van der Waals surface area (Å²) in [4.78, 5) is 82.1. The van der Waals surface area contributed by atoms with Crippen LogP contribution in [0.1, 0.15) is 26.2 Å². The summed E-state index contributed by atoms with van der Waals surface area (Å²) >= 11 is 0. The third kappa shape index (κ3) is 39.2. The van der Waals surface area contributed by atoms with Gasteiger partial charge in [0, 0.05) is 44.3 Å². The van der Waals surface area contributed by atoms with E-state index < -0.39 is 134 Å². The van der Waals surface area contributed by atoms with Crippen LogP contribution < -0.4 is 25.7 Å². The predicted octanol–water partition coefficient (Wildman–Crippen LogP) is -7.72. The van der Waals surface area contributed by atoms with Gasteiger partial charge in [-0.3, -0.25) is 23.5 Å². The zero-order valence-electron chi connectivity index (χ0n) is 52.3. The molecule has 0 radical (unpaired) electrons. The lowest BCUT2D eigenvalue weighted by molar-refractivity contribution is -0.322. The summed E-state index contributed by atoms with van der Waals surface area (Å²) in [6.07, 6.45) is -23.1. The van der Waals surface area contributed by atoms with Gasteiger partial charge in [-0.25, -0.2) is 9.56 Å². The Morgan fingerprint density at radius 2 is 0.716 bits per heavy atom. The van der Waals surface area contributed by atoms with E-state index in [2.05, 4.69) is 42.9 Å². The minimum absolute atomic E-state index is 0.00375. The molecule has 3 rings (SSSR count). The molecule has 14 N–H and O–H groups in total. The molecule has 0 saturated carbocycles. The molecule has 3 aliphatic rings. The lowest BCUT2D eigenvalue weighted by Crippen LogP contribution is -2.59. The minimum atomic E-state index is -5.16. The van der Waals surface area contributed by atoms with Crippen molar-refractivity contribution in [3.8, 4) is 0 Å². The Labute approximate surface area is 553 Å². The van der Waals surface area contributed by atoms with Gasteiger partial charge in [0.05, 0.1) is 152 Å². The fourth-order valence-corrected chi connectivity index (χ4v) is 9.51. The molecule has 0 aromatic rings. The standard InChI is InChI=1S/C50H97N3O37P5/c1-50(29-78-8-2-35(54)51-5-11-72-14-17-75-20-23-81-47-44(63)41(60)38(57)32(87-47)26-84-90-93(91)92,30-79-9-3-36(55)52-6-12-73-15-18-76-21-24-82-48-45(64)42(61)39(58)33(88-48)27-85-94(66,67)68)31-80-10-4-37(56)53-7-13-74-16-19-77-22-25-83-49-46(65)43(62)40(59)34(89-49)28-86-95(69,70)71/h32-34,38-49,57-65,91H,2-31,92H2,1H3,(H,51,54)(H,52,55)(H,53,56)(H2,66,67,68)(H2,69,70,71)/q-1/p-2. The van der Waals surface area contributed by atoms with Crippen molar-refractivity contribution in [1.29, 1.82) is 0 Å². The first-order valence-electron chi connectivity index (χ1n) is 30.0. The van der Waals surface area contributed by atoms with Crippen LogP contribution >= 0.6 is 41.0 Å². The molecule has 19 unspecified atom stereocenters. The van der Waals surface area contributed by atoms with Gasteiger partial charge in [-0.2, -0.15) is 0 Å². The first-order chi connectivity index (χ1) is 45.1. The maximum absolute atomic E-state index is 12.6. The number of ether oxygens (including phenoxy) is 15. The van der Waals surface area contributed by atoms with Gasteiger partial charge < -0.3 is 171 Å². The van der Waals surface area contributed by atoms with Crippen molar-refractivity contribution >= 4 is 58.7 Å². The van der Waals surface area contributed by atoms with Crippen molar-refractivity contribution in [2.45, 2.75) is 118 Å². The molecule has 40 nitrogen and oxygen atoms in total. The van der Waals surface area contributed by atoms with Crippen LogP contribution in [0.3, 0.4) is 0 Å². The topological polar surface area (TPSA) is 565 Å². The van der Waals surface area contributed by atoms with Crippen molar-refractivity contribution < 1.29 is 179 Å². The van der Waals surface area contributed by atoms with Crippen molar-refractivity contribution in [2.24, 2.45) is 5.41 Å². The molecule has 0 bridgehead atoms. The Morgan fingerprint density at radius 3 is 1.00 bits per heavy atom. The highest BCUT2D eigenvalue weighted by Crippen LogP contribution is 2.53. The lowest BCUT2D eigenvalue weighted by Gasteiger charge is -2.40.